The van der Waals surface area contributed by atoms with Gasteiger partial charge in [-0.2, -0.15) is 0 Å². The van der Waals surface area contributed by atoms with Crippen LogP contribution in [0.3, 0.4) is 0 Å². The zero-order valence-corrected chi connectivity index (χ0v) is 9.67. The number of rotatable bonds is 5. The second-order valence-corrected chi connectivity index (χ2v) is 3.89. The van der Waals surface area contributed by atoms with Crippen molar-refractivity contribution >= 4 is 11.6 Å². The number of amides is 1. The van der Waals surface area contributed by atoms with Crippen molar-refractivity contribution in [3.63, 3.8) is 0 Å². The molecule has 0 spiro atoms. The minimum atomic E-state index is -0.652. The highest BCUT2D eigenvalue weighted by Gasteiger charge is 2.12. The Morgan fingerprint density at radius 3 is 2.76 bits per heavy atom. The second kappa shape index (κ2) is 6.30. The van der Waals surface area contributed by atoms with Gasteiger partial charge in [0.25, 0.3) is 0 Å². The molecule has 1 aromatic rings. The monoisotopic (exact) mass is 242 g/mol. The van der Waals surface area contributed by atoms with E-state index in [9.17, 15) is 13.6 Å². The molecule has 0 radical (unpaired) electrons. The van der Waals surface area contributed by atoms with Crippen LogP contribution in [0.15, 0.2) is 18.2 Å². The van der Waals surface area contributed by atoms with E-state index in [1.807, 2.05) is 6.92 Å². The van der Waals surface area contributed by atoms with Crippen molar-refractivity contribution < 1.29 is 13.6 Å². The topological polar surface area (TPSA) is 55.1 Å². The average Bonchev–Trinajstić information content (AvgIpc) is 2.31. The number of hydrogen-bond acceptors (Lipinski definition) is 2. The Hall–Kier alpha value is -1.49. The molecule has 0 bridgehead atoms. The van der Waals surface area contributed by atoms with E-state index in [-0.39, 0.29) is 23.9 Å². The Bertz CT molecular complexity index is 392. The summed E-state index contributed by atoms with van der Waals surface area (Å²) in [7, 11) is 0. The average molecular weight is 242 g/mol. The fraction of sp³-hybridized carbons (Fsp3) is 0.417. The van der Waals surface area contributed by atoms with Gasteiger partial charge in [-0.3, -0.25) is 4.79 Å². The van der Waals surface area contributed by atoms with Crippen LogP contribution < -0.4 is 11.1 Å². The summed E-state index contributed by atoms with van der Waals surface area (Å²) in [6, 6.07) is 2.93. The molecule has 0 aliphatic carbocycles. The molecule has 0 aliphatic rings. The van der Waals surface area contributed by atoms with E-state index in [2.05, 4.69) is 5.32 Å². The summed E-state index contributed by atoms with van der Waals surface area (Å²) in [6.07, 6.45) is 0.985. The lowest BCUT2D eigenvalue weighted by Crippen LogP contribution is -2.22. The Balaban J connectivity index is 2.64. The van der Waals surface area contributed by atoms with Gasteiger partial charge >= 0.3 is 0 Å². The summed E-state index contributed by atoms with van der Waals surface area (Å²) in [5, 5.41) is 2.34. The van der Waals surface area contributed by atoms with Gasteiger partial charge in [0.15, 0.2) is 0 Å². The molecule has 1 aromatic carbocycles. The van der Waals surface area contributed by atoms with Crippen LogP contribution in [0.4, 0.5) is 14.5 Å². The molecule has 1 rings (SSSR count). The summed E-state index contributed by atoms with van der Waals surface area (Å²) >= 11 is 0. The number of carbonyl (C=O) groups is 1. The van der Waals surface area contributed by atoms with Gasteiger partial charge in [-0.25, -0.2) is 8.78 Å². The highest BCUT2D eigenvalue weighted by atomic mass is 19.1. The first-order chi connectivity index (χ1) is 8.06. The van der Waals surface area contributed by atoms with Crippen LogP contribution in [0.2, 0.25) is 0 Å². The third-order valence-electron chi connectivity index (χ3n) is 2.59. The van der Waals surface area contributed by atoms with Crippen LogP contribution in [0.1, 0.15) is 19.8 Å². The molecule has 0 saturated carbocycles. The number of nitrogens with one attached hydrogen (secondary N) is 1. The summed E-state index contributed by atoms with van der Waals surface area (Å²) in [6.45, 7) is 2.32. The summed E-state index contributed by atoms with van der Waals surface area (Å²) in [4.78, 5) is 11.5. The van der Waals surface area contributed by atoms with Gasteiger partial charge in [-0.1, -0.05) is 13.3 Å². The number of benzene rings is 1. The molecule has 5 heteroatoms. The van der Waals surface area contributed by atoms with E-state index in [0.29, 0.717) is 6.54 Å². The lowest BCUT2D eigenvalue weighted by Gasteiger charge is -2.12. The maximum absolute atomic E-state index is 13.2. The molecule has 0 saturated heterocycles. The number of anilines is 1. The van der Waals surface area contributed by atoms with Crippen LogP contribution in [0, 0.1) is 17.6 Å². The number of halogens is 2. The molecule has 1 unspecified atom stereocenters. The summed E-state index contributed by atoms with van der Waals surface area (Å²) in [5.41, 5.74) is 5.33. The number of nitrogens with two attached hydrogens (primary N) is 1. The maximum atomic E-state index is 13.2. The third-order valence-corrected chi connectivity index (χ3v) is 2.59. The Kier molecular flexibility index (Phi) is 5.03. The standard InChI is InChI=1S/C12H16F2N2O/c1-2-8(7-15)5-12(17)16-11-6-9(13)3-4-10(11)14/h3-4,6,8H,2,5,7,15H2,1H3,(H,16,17). The normalized spacial score (nSPS) is 12.2. The smallest absolute Gasteiger partial charge is 0.224 e. The quantitative estimate of drug-likeness (QED) is 0.832. The van der Waals surface area contributed by atoms with E-state index in [4.69, 9.17) is 5.73 Å². The van der Waals surface area contributed by atoms with Crippen LogP contribution in [-0.2, 0) is 4.79 Å². The highest BCUT2D eigenvalue weighted by Crippen LogP contribution is 2.16. The van der Waals surface area contributed by atoms with Crippen molar-refractivity contribution in [3.05, 3.63) is 29.8 Å². The van der Waals surface area contributed by atoms with Crippen LogP contribution in [0.5, 0.6) is 0 Å². The largest absolute Gasteiger partial charge is 0.330 e. The molecule has 0 aromatic heterocycles. The molecule has 0 heterocycles. The molecule has 94 valence electrons. The van der Waals surface area contributed by atoms with E-state index in [1.165, 1.54) is 0 Å². The van der Waals surface area contributed by atoms with Crippen molar-refractivity contribution in [1.82, 2.24) is 0 Å². The number of hydrogen-bond donors (Lipinski definition) is 2. The second-order valence-electron chi connectivity index (χ2n) is 3.89. The van der Waals surface area contributed by atoms with Gasteiger partial charge in [0.05, 0.1) is 5.69 Å². The molecule has 3 N–H and O–H groups in total. The first-order valence-electron chi connectivity index (χ1n) is 5.51. The maximum Gasteiger partial charge on any atom is 0.224 e. The van der Waals surface area contributed by atoms with Gasteiger partial charge in [0, 0.05) is 12.5 Å². The van der Waals surface area contributed by atoms with Crippen LogP contribution >= 0.6 is 0 Å². The zero-order chi connectivity index (χ0) is 12.8. The lowest BCUT2D eigenvalue weighted by molar-refractivity contribution is -0.117. The molecular formula is C12H16F2N2O. The first-order valence-corrected chi connectivity index (χ1v) is 5.51. The minimum Gasteiger partial charge on any atom is -0.330 e. The van der Waals surface area contributed by atoms with Crippen molar-refractivity contribution in [2.75, 3.05) is 11.9 Å². The molecule has 17 heavy (non-hydrogen) atoms. The Morgan fingerprint density at radius 1 is 1.47 bits per heavy atom. The van der Waals surface area contributed by atoms with Crippen molar-refractivity contribution in [2.45, 2.75) is 19.8 Å². The minimum absolute atomic E-state index is 0.0617. The van der Waals surface area contributed by atoms with Gasteiger partial charge in [-0.15, -0.1) is 0 Å². The molecule has 0 aliphatic heterocycles. The summed E-state index contributed by atoms with van der Waals surface area (Å²) < 4.78 is 26.1. The van der Waals surface area contributed by atoms with Gasteiger partial charge in [0.1, 0.15) is 11.6 Å². The van der Waals surface area contributed by atoms with Gasteiger partial charge in [-0.05, 0) is 24.6 Å². The fourth-order valence-electron chi connectivity index (χ4n) is 1.45. The van der Waals surface area contributed by atoms with Crippen LogP contribution in [0.25, 0.3) is 0 Å². The Labute approximate surface area is 99.0 Å². The van der Waals surface area contributed by atoms with E-state index < -0.39 is 11.6 Å². The van der Waals surface area contributed by atoms with Gasteiger partial charge < -0.3 is 11.1 Å². The van der Waals surface area contributed by atoms with Crippen molar-refractivity contribution in [3.8, 4) is 0 Å². The lowest BCUT2D eigenvalue weighted by atomic mass is 10.0. The molecule has 0 fully saturated rings. The van der Waals surface area contributed by atoms with Crippen LogP contribution in [-0.4, -0.2) is 12.5 Å². The van der Waals surface area contributed by atoms with E-state index >= 15 is 0 Å². The molecule has 1 amide bonds. The predicted octanol–water partition coefficient (Wildman–Crippen LogP) is 2.28. The van der Waals surface area contributed by atoms with Gasteiger partial charge in [0.2, 0.25) is 5.91 Å². The van der Waals surface area contributed by atoms with Crippen molar-refractivity contribution in [1.29, 1.82) is 0 Å². The zero-order valence-electron chi connectivity index (χ0n) is 9.67. The first kappa shape index (κ1) is 13.6. The fourth-order valence-corrected chi connectivity index (χ4v) is 1.45. The molecule has 1 atom stereocenters. The Morgan fingerprint density at radius 2 is 2.18 bits per heavy atom. The SMILES string of the molecule is CCC(CN)CC(=O)Nc1cc(F)ccc1F. The van der Waals surface area contributed by atoms with Crippen molar-refractivity contribution in [2.24, 2.45) is 11.7 Å². The molecule has 3 nitrogen and oxygen atoms in total. The predicted molar refractivity (Wildman–Crippen MR) is 62.4 cm³/mol. The summed E-state index contributed by atoms with van der Waals surface area (Å²) in [5.74, 6) is -1.54. The number of carbonyl (C=O) groups excluding carboxylic acids is 1. The third kappa shape index (κ3) is 4.11. The highest BCUT2D eigenvalue weighted by molar-refractivity contribution is 5.90. The van der Waals surface area contributed by atoms with E-state index in [0.717, 1.165) is 24.6 Å². The molecular weight excluding hydrogens is 226 g/mol. The van der Waals surface area contributed by atoms with E-state index in [1.54, 1.807) is 0 Å².